The van der Waals surface area contributed by atoms with Crippen molar-refractivity contribution in [1.82, 2.24) is 4.72 Å². The van der Waals surface area contributed by atoms with Gasteiger partial charge in [-0.25, -0.2) is 8.42 Å². The molecule has 0 unspecified atom stereocenters. The van der Waals surface area contributed by atoms with Crippen molar-refractivity contribution in [3.8, 4) is 0 Å². The largest absolute Gasteiger partial charge is 0.283 e. The lowest BCUT2D eigenvalue weighted by atomic mass is 10.0. The Balaban J connectivity index is 2.76. The molecule has 1 aromatic rings. The van der Waals surface area contributed by atoms with Gasteiger partial charge in [0.15, 0.2) is 0 Å². The van der Waals surface area contributed by atoms with Crippen LogP contribution in [0.3, 0.4) is 0 Å². The number of rotatable bonds is 1. The molecule has 0 atom stereocenters. The molecule has 1 N–H and O–H groups in total. The van der Waals surface area contributed by atoms with Gasteiger partial charge in [0, 0.05) is 5.70 Å². The lowest BCUT2D eigenvalue weighted by molar-refractivity contribution is 0.585. The van der Waals surface area contributed by atoms with Crippen LogP contribution in [-0.4, -0.2) is 8.42 Å². The highest BCUT2D eigenvalue weighted by Crippen LogP contribution is 2.30. The summed E-state index contributed by atoms with van der Waals surface area (Å²) in [6, 6.07) is 7.07. The van der Waals surface area contributed by atoms with Crippen molar-refractivity contribution in [2.45, 2.75) is 25.2 Å². The Morgan fingerprint density at radius 3 is 2.60 bits per heavy atom. The summed E-state index contributed by atoms with van der Waals surface area (Å²) in [5.74, 6) is 0. The van der Waals surface area contributed by atoms with E-state index in [0.29, 0.717) is 11.3 Å². The van der Waals surface area contributed by atoms with Crippen LogP contribution in [0.15, 0.2) is 34.9 Å². The van der Waals surface area contributed by atoms with Gasteiger partial charge in [-0.15, -0.1) is 0 Å². The Bertz CT molecular complexity index is 529. The Kier molecular flexibility index (Phi) is 2.31. The van der Waals surface area contributed by atoms with E-state index >= 15 is 0 Å². The van der Waals surface area contributed by atoms with Gasteiger partial charge in [0.1, 0.15) is 0 Å². The lowest BCUT2D eigenvalue weighted by Crippen LogP contribution is -2.28. The van der Waals surface area contributed by atoms with Crippen molar-refractivity contribution in [1.29, 1.82) is 0 Å². The van der Waals surface area contributed by atoms with Crippen LogP contribution in [-0.2, 0) is 10.0 Å². The number of benzene rings is 1. The summed E-state index contributed by atoms with van der Waals surface area (Å²) in [6.45, 7) is 3.88. The topological polar surface area (TPSA) is 46.2 Å². The SMILES string of the molecule is CCC1=C(C)c2ccccc2S(=O)(=O)N1. The molecule has 80 valence electrons. The molecular weight excluding hydrogens is 210 g/mol. The fourth-order valence-corrected chi connectivity index (χ4v) is 3.30. The highest BCUT2D eigenvalue weighted by atomic mass is 32.2. The molecule has 2 rings (SSSR count). The van der Waals surface area contributed by atoms with Crippen molar-refractivity contribution in [3.63, 3.8) is 0 Å². The predicted molar refractivity (Wildman–Crippen MR) is 59.6 cm³/mol. The van der Waals surface area contributed by atoms with E-state index in [0.717, 1.165) is 16.8 Å². The number of fused-ring (bicyclic) bond motifs is 1. The van der Waals surface area contributed by atoms with Crippen LogP contribution in [0.25, 0.3) is 5.57 Å². The molecule has 0 amide bonds. The summed E-state index contributed by atoms with van der Waals surface area (Å²) < 4.78 is 26.3. The minimum absolute atomic E-state index is 0.375. The molecular formula is C11H13NO2S. The van der Waals surface area contributed by atoms with E-state index in [1.165, 1.54) is 0 Å². The summed E-state index contributed by atoms with van der Waals surface area (Å²) in [6.07, 6.45) is 0.694. The zero-order valence-corrected chi connectivity index (χ0v) is 9.56. The first-order valence-electron chi connectivity index (χ1n) is 4.88. The molecule has 0 fully saturated rings. The standard InChI is InChI=1S/C11H13NO2S/c1-3-10-8(2)9-6-4-5-7-11(9)15(13,14)12-10/h4-7,12H,3H2,1-2H3. The van der Waals surface area contributed by atoms with Gasteiger partial charge in [-0.2, -0.15) is 0 Å². The van der Waals surface area contributed by atoms with Crippen LogP contribution in [0.1, 0.15) is 25.8 Å². The first kappa shape index (κ1) is 10.2. The number of allylic oxidation sites excluding steroid dienone is 2. The maximum absolute atomic E-state index is 11.8. The third-order valence-electron chi connectivity index (χ3n) is 2.64. The van der Waals surface area contributed by atoms with Crippen molar-refractivity contribution in [3.05, 3.63) is 35.5 Å². The number of hydrogen-bond donors (Lipinski definition) is 1. The smallest absolute Gasteiger partial charge is 0.262 e. The second-order valence-electron chi connectivity index (χ2n) is 3.56. The van der Waals surface area contributed by atoms with Gasteiger partial charge in [0.25, 0.3) is 10.0 Å². The Morgan fingerprint density at radius 2 is 1.93 bits per heavy atom. The lowest BCUT2D eigenvalue weighted by Gasteiger charge is -2.22. The third kappa shape index (κ3) is 1.55. The molecule has 3 nitrogen and oxygen atoms in total. The molecule has 1 aromatic carbocycles. The molecule has 0 radical (unpaired) electrons. The molecule has 1 heterocycles. The zero-order chi connectivity index (χ0) is 11.1. The van der Waals surface area contributed by atoms with Crippen molar-refractivity contribution < 1.29 is 8.42 Å². The van der Waals surface area contributed by atoms with Crippen molar-refractivity contribution in [2.24, 2.45) is 0 Å². The highest BCUT2D eigenvalue weighted by Gasteiger charge is 2.25. The molecule has 0 saturated carbocycles. The van der Waals surface area contributed by atoms with Crippen molar-refractivity contribution in [2.75, 3.05) is 0 Å². The van der Waals surface area contributed by atoms with E-state index in [9.17, 15) is 8.42 Å². The van der Waals surface area contributed by atoms with E-state index in [4.69, 9.17) is 0 Å². The quantitative estimate of drug-likeness (QED) is 0.792. The Morgan fingerprint density at radius 1 is 1.27 bits per heavy atom. The molecule has 0 spiro atoms. The van der Waals surface area contributed by atoms with E-state index in [-0.39, 0.29) is 0 Å². The zero-order valence-electron chi connectivity index (χ0n) is 8.74. The van der Waals surface area contributed by atoms with Crippen LogP contribution in [0.5, 0.6) is 0 Å². The molecule has 0 aromatic heterocycles. The summed E-state index contributed by atoms with van der Waals surface area (Å²) in [5.41, 5.74) is 2.62. The van der Waals surface area contributed by atoms with Gasteiger partial charge >= 0.3 is 0 Å². The predicted octanol–water partition coefficient (Wildman–Crippen LogP) is 2.12. The van der Waals surface area contributed by atoms with Gasteiger partial charge in [-0.3, -0.25) is 4.72 Å². The average molecular weight is 223 g/mol. The Hall–Kier alpha value is -1.29. The summed E-state index contributed by atoms with van der Waals surface area (Å²) in [7, 11) is -3.34. The number of sulfonamides is 1. The van der Waals surface area contributed by atoms with Crippen LogP contribution in [0, 0.1) is 0 Å². The first-order chi connectivity index (χ1) is 7.06. The minimum atomic E-state index is -3.34. The average Bonchev–Trinajstić information content (AvgIpc) is 2.24. The van der Waals surface area contributed by atoms with Crippen LogP contribution in [0.4, 0.5) is 0 Å². The van der Waals surface area contributed by atoms with E-state index in [1.54, 1.807) is 12.1 Å². The first-order valence-corrected chi connectivity index (χ1v) is 6.36. The molecule has 0 bridgehead atoms. The second kappa shape index (κ2) is 3.38. The van der Waals surface area contributed by atoms with Crippen molar-refractivity contribution >= 4 is 15.6 Å². The molecule has 0 aliphatic carbocycles. The van der Waals surface area contributed by atoms with E-state index in [2.05, 4.69) is 4.72 Å². The fourth-order valence-electron chi connectivity index (χ4n) is 1.80. The summed E-state index contributed by atoms with van der Waals surface area (Å²) in [5, 5.41) is 0. The number of nitrogens with one attached hydrogen (secondary N) is 1. The molecule has 0 saturated heterocycles. The van der Waals surface area contributed by atoms with E-state index in [1.807, 2.05) is 26.0 Å². The maximum atomic E-state index is 11.8. The summed E-state index contributed by atoms with van der Waals surface area (Å²) in [4.78, 5) is 0.375. The monoisotopic (exact) mass is 223 g/mol. The van der Waals surface area contributed by atoms with Gasteiger partial charge < -0.3 is 0 Å². The molecule has 15 heavy (non-hydrogen) atoms. The fraction of sp³-hybridized carbons (Fsp3) is 0.273. The minimum Gasteiger partial charge on any atom is -0.283 e. The number of hydrogen-bond acceptors (Lipinski definition) is 2. The normalized spacial score (nSPS) is 18.3. The van der Waals surface area contributed by atoms with Crippen LogP contribution in [0.2, 0.25) is 0 Å². The molecule has 1 aliphatic rings. The summed E-state index contributed by atoms with van der Waals surface area (Å²) >= 11 is 0. The molecule has 4 heteroatoms. The molecule has 1 aliphatic heterocycles. The van der Waals surface area contributed by atoms with Gasteiger partial charge in [0.2, 0.25) is 0 Å². The highest BCUT2D eigenvalue weighted by molar-refractivity contribution is 7.89. The van der Waals surface area contributed by atoms with Gasteiger partial charge in [-0.05, 0) is 30.5 Å². The van der Waals surface area contributed by atoms with Crippen LogP contribution < -0.4 is 4.72 Å². The third-order valence-corrected chi connectivity index (χ3v) is 4.09. The maximum Gasteiger partial charge on any atom is 0.262 e. The second-order valence-corrected chi connectivity index (χ2v) is 5.21. The van der Waals surface area contributed by atoms with Crippen LogP contribution >= 0.6 is 0 Å². The van der Waals surface area contributed by atoms with Gasteiger partial charge in [-0.1, -0.05) is 25.1 Å². The van der Waals surface area contributed by atoms with Gasteiger partial charge in [0.05, 0.1) is 4.90 Å². The van der Waals surface area contributed by atoms with E-state index < -0.39 is 10.0 Å². The Labute approximate surface area is 89.9 Å².